The van der Waals surface area contributed by atoms with Crippen LogP contribution in [0.25, 0.3) is 0 Å². The Morgan fingerprint density at radius 1 is 1.45 bits per heavy atom. The first-order chi connectivity index (χ1) is 9.74. The molecule has 0 radical (unpaired) electrons. The number of carbonyl (C=O) groups is 1. The van der Waals surface area contributed by atoms with Crippen LogP contribution < -0.4 is 5.32 Å². The van der Waals surface area contributed by atoms with Gasteiger partial charge in [-0.15, -0.1) is 10.2 Å². The third-order valence-electron chi connectivity index (χ3n) is 3.90. The molecule has 8 nitrogen and oxygen atoms in total. The van der Waals surface area contributed by atoms with Gasteiger partial charge in [0.15, 0.2) is 5.82 Å². The van der Waals surface area contributed by atoms with Gasteiger partial charge in [-0.05, 0) is 30.9 Å². The lowest BCUT2D eigenvalue weighted by Crippen LogP contribution is -2.47. The zero-order chi connectivity index (χ0) is 13.9. The number of hydrogen-bond acceptors (Lipinski definition) is 5. The average molecular weight is 280 g/mol. The third-order valence-corrected chi connectivity index (χ3v) is 3.90. The number of aromatic nitrogens is 4. The first-order valence-corrected chi connectivity index (χ1v) is 7.13. The minimum absolute atomic E-state index is 0.0598. The molecule has 2 fully saturated rings. The Kier molecular flexibility index (Phi) is 3.81. The van der Waals surface area contributed by atoms with E-state index < -0.39 is 0 Å². The first-order valence-electron chi connectivity index (χ1n) is 7.13. The molecule has 3 heterocycles. The van der Waals surface area contributed by atoms with E-state index in [-0.39, 0.29) is 18.2 Å². The predicted octanol–water partition coefficient (Wildman–Crippen LogP) is 0.0631. The molecule has 0 unspecified atom stereocenters. The molecule has 2 amide bonds. The topological polar surface area (TPSA) is 85.2 Å². The summed E-state index contributed by atoms with van der Waals surface area (Å²) in [5, 5.41) is 14.5. The number of urea groups is 1. The number of likely N-dealkylation sites (tertiary alicyclic amines) is 1. The van der Waals surface area contributed by atoms with Gasteiger partial charge in [0.1, 0.15) is 0 Å². The van der Waals surface area contributed by atoms with Crippen molar-refractivity contribution in [1.29, 1.82) is 0 Å². The van der Waals surface area contributed by atoms with E-state index in [1.54, 1.807) is 7.05 Å². The van der Waals surface area contributed by atoms with Gasteiger partial charge < -0.3 is 15.0 Å². The van der Waals surface area contributed by atoms with Gasteiger partial charge in [-0.2, -0.15) is 4.80 Å². The van der Waals surface area contributed by atoms with Crippen LogP contribution in [0.3, 0.4) is 0 Å². The SMILES string of the molecule is Cn1nnc(CNC(=O)N2CCC[C@@H]2[C@H]2CCCO2)n1. The maximum Gasteiger partial charge on any atom is 0.318 e. The van der Waals surface area contributed by atoms with Crippen molar-refractivity contribution in [2.75, 3.05) is 13.2 Å². The van der Waals surface area contributed by atoms with Crippen LogP contribution in [-0.2, 0) is 18.3 Å². The number of nitrogens with one attached hydrogen (secondary N) is 1. The van der Waals surface area contributed by atoms with Crippen molar-refractivity contribution >= 4 is 6.03 Å². The number of rotatable bonds is 3. The third kappa shape index (κ3) is 2.74. The molecule has 2 aliphatic heterocycles. The van der Waals surface area contributed by atoms with Crippen LogP contribution in [-0.4, -0.2) is 56.4 Å². The van der Waals surface area contributed by atoms with E-state index in [0.29, 0.717) is 12.4 Å². The highest BCUT2D eigenvalue weighted by atomic mass is 16.5. The molecule has 0 spiro atoms. The van der Waals surface area contributed by atoms with Gasteiger partial charge in [-0.25, -0.2) is 4.79 Å². The highest BCUT2D eigenvalue weighted by molar-refractivity contribution is 5.74. The molecule has 0 aromatic carbocycles. The number of ether oxygens (including phenoxy) is 1. The van der Waals surface area contributed by atoms with Crippen LogP contribution in [0.15, 0.2) is 0 Å². The summed E-state index contributed by atoms with van der Waals surface area (Å²) in [5.74, 6) is 0.522. The molecule has 3 rings (SSSR count). The first kappa shape index (κ1) is 13.3. The van der Waals surface area contributed by atoms with Crippen LogP contribution >= 0.6 is 0 Å². The molecular weight excluding hydrogens is 260 g/mol. The van der Waals surface area contributed by atoms with E-state index in [4.69, 9.17) is 4.74 Å². The lowest BCUT2D eigenvalue weighted by molar-refractivity contribution is 0.0520. The number of nitrogens with zero attached hydrogens (tertiary/aromatic N) is 5. The smallest absolute Gasteiger partial charge is 0.318 e. The second kappa shape index (κ2) is 5.74. The van der Waals surface area contributed by atoms with Gasteiger partial charge in [0.2, 0.25) is 0 Å². The van der Waals surface area contributed by atoms with Crippen LogP contribution in [0.1, 0.15) is 31.5 Å². The summed E-state index contributed by atoms with van der Waals surface area (Å²) >= 11 is 0. The quantitative estimate of drug-likeness (QED) is 0.846. The number of tetrazole rings is 1. The van der Waals surface area contributed by atoms with Gasteiger partial charge in [-0.3, -0.25) is 0 Å². The molecule has 1 aromatic heterocycles. The maximum atomic E-state index is 12.3. The summed E-state index contributed by atoms with van der Waals surface area (Å²) in [6, 6.07) is 0.155. The van der Waals surface area contributed by atoms with Crippen molar-refractivity contribution in [1.82, 2.24) is 30.4 Å². The highest BCUT2D eigenvalue weighted by Crippen LogP contribution is 2.27. The van der Waals surface area contributed by atoms with Gasteiger partial charge in [0.05, 0.1) is 25.7 Å². The van der Waals surface area contributed by atoms with E-state index >= 15 is 0 Å². The lowest BCUT2D eigenvalue weighted by atomic mass is 10.1. The standard InChI is InChI=1S/C12H20N6O2/c1-17-15-11(14-16-17)8-13-12(19)18-6-2-4-9(18)10-5-3-7-20-10/h9-10H,2-8H2,1H3,(H,13,19)/t9-,10-/m1/s1. The zero-order valence-electron chi connectivity index (χ0n) is 11.7. The van der Waals surface area contributed by atoms with Crippen molar-refractivity contribution in [3.63, 3.8) is 0 Å². The van der Waals surface area contributed by atoms with E-state index in [1.165, 1.54) is 4.80 Å². The van der Waals surface area contributed by atoms with E-state index in [2.05, 4.69) is 20.7 Å². The fourth-order valence-corrected chi connectivity index (χ4v) is 2.99. The summed E-state index contributed by atoms with van der Waals surface area (Å²) in [4.78, 5) is 15.5. The fourth-order valence-electron chi connectivity index (χ4n) is 2.99. The van der Waals surface area contributed by atoms with Gasteiger partial charge >= 0.3 is 6.03 Å². The highest BCUT2D eigenvalue weighted by Gasteiger charge is 2.36. The Bertz CT molecular complexity index is 470. The van der Waals surface area contributed by atoms with E-state index in [9.17, 15) is 4.79 Å². The number of carbonyl (C=O) groups excluding carboxylic acids is 1. The lowest BCUT2D eigenvalue weighted by Gasteiger charge is -2.28. The van der Waals surface area contributed by atoms with Gasteiger partial charge in [-0.1, -0.05) is 0 Å². The van der Waals surface area contributed by atoms with Gasteiger partial charge in [0, 0.05) is 13.2 Å². The second-order valence-corrected chi connectivity index (χ2v) is 5.31. The summed E-state index contributed by atoms with van der Waals surface area (Å²) in [7, 11) is 1.70. The van der Waals surface area contributed by atoms with Crippen LogP contribution in [0, 0.1) is 0 Å². The van der Waals surface area contributed by atoms with E-state index in [1.807, 2.05) is 4.90 Å². The summed E-state index contributed by atoms with van der Waals surface area (Å²) in [6.45, 7) is 1.92. The van der Waals surface area contributed by atoms with Crippen molar-refractivity contribution in [3.8, 4) is 0 Å². The minimum atomic E-state index is -0.0598. The molecule has 1 aromatic rings. The Labute approximate surface area is 117 Å². The van der Waals surface area contributed by atoms with E-state index in [0.717, 1.165) is 38.8 Å². The minimum Gasteiger partial charge on any atom is -0.376 e. The monoisotopic (exact) mass is 280 g/mol. The fraction of sp³-hybridized carbons (Fsp3) is 0.833. The van der Waals surface area contributed by atoms with Crippen molar-refractivity contribution in [2.45, 2.75) is 44.4 Å². The Morgan fingerprint density at radius 2 is 2.35 bits per heavy atom. The summed E-state index contributed by atoms with van der Waals surface area (Å²) < 4.78 is 5.72. The molecule has 0 aliphatic carbocycles. The molecule has 2 saturated heterocycles. The summed E-state index contributed by atoms with van der Waals surface area (Å²) in [6.07, 6.45) is 4.43. The predicted molar refractivity (Wildman–Crippen MR) is 69.7 cm³/mol. The number of hydrogen-bond donors (Lipinski definition) is 1. The van der Waals surface area contributed by atoms with Crippen molar-refractivity contribution in [2.24, 2.45) is 7.05 Å². The molecule has 2 aliphatic rings. The van der Waals surface area contributed by atoms with Crippen molar-refractivity contribution < 1.29 is 9.53 Å². The summed E-state index contributed by atoms with van der Waals surface area (Å²) in [5.41, 5.74) is 0. The maximum absolute atomic E-state index is 12.3. The molecule has 0 bridgehead atoms. The Hall–Kier alpha value is -1.70. The van der Waals surface area contributed by atoms with Crippen molar-refractivity contribution in [3.05, 3.63) is 5.82 Å². The molecule has 2 atom stereocenters. The Morgan fingerprint density at radius 3 is 3.05 bits per heavy atom. The molecule has 20 heavy (non-hydrogen) atoms. The van der Waals surface area contributed by atoms with Crippen LogP contribution in [0.4, 0.5) is 4.79 Å². The number of amides is 2. The molecular formula is C12H20N6O2. The molecule has 8 heteroatoms. The molecule has 0 saturated carbocycles. The van der Waals surface area contributed by atoms with Gasteiger partial charge in [0.25, 0.3) is 0 Å². The van der Waals surface area contributed by atoms with Crippen LogP contribution in [0.5, 0.6) is 0 Å². The second-order valence-electron chi connectivity index (χ2n) is 5.31. The normalized spacial score (nSPS) is 26.1. The molecule has 110 valence electrons. The molecule has 1 N–H and O–H groups in total. The largest absolute Gasteiger partial charge is 0.376 e. The number of aryl methyl sites for hydroxylation is 1. The van der Waals surface area contributed by atoms with Crippen LogP contribution in [0.2, 0.25) is 0 Å². The Balaban J connectivity index is 1.55. The average Bonchev–Trinajstić information content (AvgIpc) is 3.16. The zero-order valence-corrected chi connectivity index (χ0v) is 11.7.